The molecule has 6 heteroatoms. The van der Waals surface area contributed by atoms with Crippen LogP contribution in [0.1, 0.15) is 33.9 Å². The van der Waals surface area contributed by atoms with E-state index in [9.17, 15) is 0 Å². The smallest absolute Gasteiger partial charge is 0.202 e. The summed E-state index contributed by atoms with van der Waals surface area (Å²) >= 11 is 0. The van der Waals surface area contributed by atoms with Gasteiger partial charge in [0.05, 0.1) is 11.9 Å². The van der Waals surface area contributed by atoms with Crippen LogP contribution in [0, 0.1) is 34.6 Å². The zero-order valence-electron chi connectivity index (χ0n) is 14.1. The van der Waals surface area contributed by atoms with Crippen LogP contribution in [0.15, 0.2) is 29.4 Å². The molecule has 0 saturated heterocycles. The second kappa shape index (κ2) is 5.79. The van der Waals surface area contributed by atoms with Crippen molar-refractivity contribution in [3.8, 4) is 5.95 Å². The molecule has 0 unspecified atom stereocenters. The summed E-state index contributed by atoms with van der Waals surface area (Å²) in [4.78, 5) is 0. The maximum Gasteiger partial charge on any atom is 0.273 e. The van der Waals surface area contributed by atoms with Crippen LogP contribution in [0.3, 0.4) is 0 Å². The molecule has 0 aliphatic heterocycles. The fourth-order valence-corrected chi connectivity index (χ4v) is 2.46. The molecule has 3 aromatic rings. The van der Waals surface area contributed by atoms with Crippen molar-refractivity contribution >= 4 is 6.21 Å². The first-order valence-corrected chi connectivity index (χ1v) is 7.53. The molecule has 1 aromatic carbocycles. The molecule has 3 rings (SSSR count). The number of hydrogen-bond donors (Lipinski definition) is 0. The van der Waals surface area contributed by atoms with Crippen molar-refractivity contribution in [3.63, 3.8) is 0 Å². The van der Waals surface area contributed by atoms with E-state index in [1.807, 2.05) is 33.1 Å². The fraction of sp³-hybridized carbons (Fsp3) is 0.294. The molecule has 0 fully saturated rings. The molecular formula is C17H20N6. The van der Waals surface area contributed by atoms with Crippen LogP contribution in [-0.4, -0.2) is 30.9 Å². The lowest BCUT2D eigenvalue weighted by molar-refractivity contribution is 0.708. The van der Waals surface area contributed by atoms with Gasteiger partial charge in [-0.1, -0.05) is 23.8 Å². The van der Waals surface area contributed by atoms with E-state index in [-0.39, 0.29) is 0 Å². The Morgan fingerprint density at radius 2 is 1.78 bits per heavy atom. The summed E-state index contributed by atoms with van der Waals surface area (Å²) in [6.45, 7) is 9.96. The predicted octanol–water partition coefficient (Wildman–Crippen LogP) is 2.89. The van der Waals surface area contributed by atoms with E-state index in [1.165, 1.54) is 11.1 Å². The lowest BCUT2D eigenvalue weighted by Gasteiger charge is -2.05. The molecule has 0 aliphatic carbocycles. The van der Waals surface area contributed by atoms with Crippen molar-refractivity contribution in [2.75, 3.05) is 0 Å². The Morgan fingerprint density at radius 1 is 1.00 bits per heavy atom. The van der Waals surface area contributed by atoms with Gasteiger partial charge in [0, 0.05) is 5.69 Å². The predicted molar refractivity (Wildman–Crippen MR) is 90.3 cm³/mol. The van der Waals surface area contributed by atoms with Crippen LogP contribution in [0.5, 0.6) is 0 Å². The summed E-state index contributed by atoms with van der Waals surface area (Å²) in [6, 6.07) is 8.31. The topological polar surface area (TPSA) is 60.9 Å². The molecule has 23 heavy (non-hydrogen) atoms. The van der Waals surface area contributed by atoms with E-state index < -0.39 is 0 Å². The van der Waals surface area contributed by atoms with E-state index in [0.717, 1.165) is 17.0 Å². The van der Waals surface area contributed by atoms with Crippen LogP contribution < -0.4 is 0 Å². The van der Waals surface area contributed by atoms with Crippen LogP contribution in [-0.2, 0) is 0 Å². The Bertz CT molecular complexity index is 885. The third-order valence-electron chi connectivity index (χ3n) is 3.73. The maximum absolute atomic E-state index is 4.57. The third kappa shape index (κ3) is 2.92. The fourth-order valence-electron chi connectivity index (χ4n) is 2.46. The van der Waals surface area contributed by atoms with Crippen molar-refractivity contribution in [1.82, 2.24) is 24.7 Å². The Balaban J connectivity index is 2.04. The number of nitrogens with zero attached hydrogens (tertiary/aromatic N) is 6. The first-order chi connectivity index (χ1) is 11.0. The molecule has 0 radical (unpaired) electrons. The summed E-state index contributed by atoms with van der Waals surface area (Å²) in [5.74, 6) is 1.31. The minimum Gasteiger partial charge on any atom is -0.202 e. The number of benzene rings is 1. The quantitative estimate of drug-likeness (QED) is 0.699. The standard InChI is InChI=1S/C17H20N6/c1-11-6-7-12(2)16(8-11)10-18-23-15(5)19-20-17(23)22-14(4)9-13(3)21-22/h6-10H,1-5H3/b18-10+. The molecule has 0 N–H and O–H groups in total. The van der Waals surface area contributed by atoms with Gasteiger partial charge in [0.25, 0.3) is 5.95 Å². The lowest BCUT2D eigenvalue weighted by Crippen LogP contribution is -2.08. The molecule has 0 bridgehead atoms. The summed E-state index contributed by atoms with van der Waals surface area (Å²) in [5.41, 5.74) is 5.40. The summed E-state index contributed by atoms with van der Waals surface area (Å²) in [7, 11) is 0. The lowest BCUT2D eigenvalue weighted by atomic mass is 10.1. The highest BCUT2D eigenvalue weighted by Gasteiger charge is 2.13. The minimum absolute atomic E-state index is 0.592. The Hall–Kier alpha value is -2.76. The summed E-state index contributed by atoms with van der Waals surface area (Å²) < 4.78 is 3.47. The van der Waals surface area contributed by atoms with Crippen molar-refractivity contribution in [2.24, 2.45) is 5.10 Å². The van der Waals surface area contributed by atoms with E-state index >= 15 is 0 Å². The monoisotopic (exact) mass is 308 g/mol. The van der Waals surface area contributed by atoms with Gasteiger partial charge >= 0.3 is 0 Å². The first-order valence-electron chi connectivity index (χ1n) is 7.53. The van der Waals surface area contributed by atoms with Crippen LogP contribution in [0.25, 0.3) is 5.95 Å². The highest BCUT2D eigenvalue weighted by atomic mass is 15.5. The Labute approximate surface area is 135 Å². The molecule has 6 nitrogen and oxygen atoms in total. The number of aryl methyl sites for hydroxylation is 5. The maximum atomic E-state index is 4.57. The number of hydrogen-bond acceptors (Lipinski definition) is 4. The second-order valence-electron chi connectivity index (χ2n) is 5.80. The molecule has 118 valence electrons. The van der Waals surface area contributed by atoms with E-state index in [1.54, 1.807) is 9.36 Å². The zero-order chi connectivity index (χ0) is 16.6. The molecule has 2 heterocycles. The van der Waals surface area contributed by atoms with Gasteiger partial charge in [0.1, 0.15) is 0 Å². The highest BCUT2D eigenvalue weighted by Crippen LogP contribution is 2.13. The number of rotatable bonds is 3. The molecule has 0 aliphatic rings. The van der Waals surface area contributed by atoms with Gasteiger partial charge < -0.3 is 0 Å². The van der Waals surface area contributed by atoms with Crippen molar-refractivity contribution in [1.29, 1.82) is 0 Å². The Morgan fingerprint density at radius 3 is 2.48 bits per heavy atom. The molecule has 0 saturated carbocycles. The van der Waals surface area contributed by atoms with Gasteiger partial charge in [-0.3, -0.25) is 0 Å². The Kier molecular flexibility index (Phi) is 3.82. The largest absolute Gasteiger partial charge is 0.273 e. The van der Waals surface area contributed by atoms with Gasteiger partial charge in [-0.25, -0.2) is 4.68 Å². The average molecular weight is 308 g/mol. The van der Waals surface area contributed by atoms with Gasteiger partial charge in [-0.05, 0) is 51.8 Å². The normalized spacial score (nSPS) is 11.5. The van der Waals surface area contributed by atoms with Crippen molar-refractivity contribution in [3.05, 3.63) is 58.2 Å². The average Bonchev–Trinajstić information content (AvgIpc) is 3.02. The van der Waals surface area contributed by atoms with E-state index in [0.29, 0.717) is 11.8 Å². The second-order valence-corrected chi connectivity index (χ2v) is 5.80. The summed E-state index contributed by atoms with van der Waals surface area (Å²) in [6.07, 6.45) is 1.84. The van der Waals surface area contributed by atoms with Crippen molar-refractivity contribution < 1.29 is 0 Å². The molecular weight excluding hydrogens is 288 g/mol. The van der Waals surface area contributed by atoms with Gasteiger partial charge in [-0.15, -0.1) is 10.2 Å². The third-order valence-corrected chi connectivity index (χ3v) is 3.73. The molecule has 0 amide bonds. The highest BCUT2D eigenvalue weighted by molar-refractivity contribution is 5.81. The summed E-state index contributed by atoms with van der Waals surface area (Å²) in [5, 5.41) is 17.4. The van der Waals surface area contributed by atoms with Crippen LogP contribution in [0.4, 0.5) is 0 Å². The van der Waals surface area contributed by atoms with Gasteiger partial charge in [-0.2, -0.15) is 14.9 Å². The first kappa shape index (κ1) is 15.1. The molecule has 0 spiro atoms. The molecule has 0 atom stereocenters. The SMILES string of the molecule is Cc1ccc(C)c(/C=N/n2c(C)nnc2-n2nc(C)cc2C)c1. The van der Waals surface area contributed by atoms with E-state index in [2.05, 4.69) is 52.4 Å². The van der Waals surface area contributed by atoms with Crippen LogP contribution >= 0.6 is 0 Å². The van der Waals surface area contributed by atoms with Gasteiger partial charge in [0.15, 0.2) is 5.82 Å². The number of aromatic nitrogens is 5. The minimum atomic E-state index is 0.592. The van der Waals surface area contributed by atoms with Crippen LogP contribution in [0.2, 0.25) is 0 Å². The molecule has 2 aromatic heterocycles. The van der Waals surface area contributed by atoms with E-state index in [4.69, 9.17) is 0 Å². The zero-order valence-corrected chi connectivity index (χ0v) is 14.1. The van der Waals surface area contributed by atoms with Gasteiger partial charge in [0.2, 0.25) is 0 Å². The van der Waals surface area contributed by atoms with Crippen molar-refractivity contribution in [2.45, 2.75) is 34.6 Å².